The Morgan fingerprint density at radius 2 is 1.68 bits per heavy atom. The Morgan fingerprint density at radius 1 is 0.909 bits per heavy atom. The van der Waals surface area contributed by atoms with Crippen LogP contribution in [0.15, 0.2) is 48.5 Å². The average molecular weight is 318 g/mol. The highest BCUT2D eigenvalue weighted by Crippen LogP contribution is 2.19. The number of benzene rings is 2. The molecule has 0 amide bonds. The summed E-state index contributed by atoms with van der Waals surface area (Å²) in [6.45, 7) is 1.37. The van der Waals surface area contributed by atoms with Crippen LogP contribution in [0.1, 0.15) is 11.1 Å². The highest BCUT2D eigenvalue weighted by atomic mass is 32.2. The third-order valence-electron chi connectivity index (χ3n) is 3.35. The molecule has 0 saturated carbocycles. The maximum absolute atomic E-state index is 5.80. The van der Waals surface area contributed by atoms with E-state index in [2.05, 4.69) is 18.2 Å². The van der Waals surface area contributed by atoms with Crippen molar-refractivity contribution in [3.05, 3.63) is 59.7 Å². The Kier molecular flexibility index (Phi) is 7.13. The molecule has 0 aliphatic rings. The average Bonchev–Trinajstić information content (AvgIpc) is 2.57. The molecule has 118 valence electrons. The van der Waals surface area contributed by atoms with Crippen LogP contribution in [0.25, 0.3) is 0 Å². The molecule has 0 N–H and O–H groups in total. The molecule has 22 heavy (non-hydrogen) atoms. The van der Waals surface area contributed by atoms with Crippen molar-refractivity contribution in [2.75, 3.05) is 26.6 Å². The van der Waals surface area contributed by atoms with E-state index < -0.39 is 0 Å². The van der Waals surface area contributed by atoms with E-state index in [1.165, 1.54) is 17.6 Å². The molecule has 0 spiro atoms. The number of hydrogen-bond donors (Lipinski definition) is 0. The SMILES string of the molecule is COc1ccccc1CCOc1ccc(CCOSC)cc1. The molecule has 0 radical (unpaired) electrons. The molecule has 0 unspecified atom stereocenters. The van der Waals surface area contributed by atoms with Gasteiger partial charge in [-0.2, -0.15) is 0 Å². The summed E-state index contributed by atoms with van der Waals surface area (Å²) >= 11 is 1.40. The number of hydrogen-bond acceptors (Lipinski definition) is 4. The number of ether oxygens (including phenoxy) is 2. The van der Waals surface area contributed by atoms with Crippen molar-refractivity contribution in [1.29, 1.82) is 0 Å². The zero-order chi connectivity index (χ0) is 15.6. The van der Waals surface area contributed by atoms with Gasteiger partial charge in [-0.3, -0.25) is 0 Å². The highest BCUT2D eigenvalue weighted by molar-refractivity contribution is 7.93. The van der Waals surface area contributed by atoms with Crippen LogP contribution < -0.4 is 9.47 Å². The molecule has 0 aliphatic carbocycles. The van der Waals surface area contributed by atoms with Crippen LogP contribution in [0.4, 0.5) is 0 Å². The predicted molar refractivity (Wildman–Crippen MR) is 91.8 cm³/mol. The van der Waals surface area contributed by atoms with E-state index >= 15 is 0 Å². The Balaban J connectivity index is 1.79. The molecule has 2 aromatic rings. The van der Waals surface area contributed by atoms with Crippen LogP contribution in [0, 0.1) is 0 Å². The molecule has 0 fully saturated rings. The van der Waals surface area contributed by atoms with Crippen molar-refractivity contribution < 1.29 is 13.7 Å². The van der Waals surface area contributed by atoms with Gasteiger partial charge in [0.05, 0.1) is 20.3 Å². The molecular weight excluding hydrogens is 296 g/mol. The van der Waals surface area contributed by atoms with Gasteiger partial charge in [0.25, 0.3) is 0 Å². The van der Waals surface area contributed by atoms with E-state index in [1.807, 2.05) is 36.6 Å². The van der Waals surface area contributed by atoms with Gasteiger partial charge in [-0.25, -0.2) is 0 Å². The normalized spacial score (nSPS) is 10.5. The Hall–Kier alpha value is -1.65. The Bertz CT molecular complexity index is 555. The lowest BCUT2D eigenvalue weighted by Gasteiger charge is -2.10. The molecule has 0 aliphatic heterocycles. The van der Waals surface area contributed by atoms with Crippen molar-refractivity contribution in [1.82, 2.24) is 0 Å². The molecule has 4 heteroatoms. The van der Waals surface area contributed by atoms with E-state index in [9.17, 15) is 0 Å². The van der Waals surface area contributed by atoms with Gasteiger partial charge in [0.1, 0.15) is 11.5 Å². The van der Waals surface area contributed by atoms with Crippen LogP contribution in [0.3, 0.4) is 0 Å². The monoisotopic (exact) mass is 318 g/mol. The third-order valence-corrected chi connectivity index (χ3v) is 3.75. The summed E-state index contributed by atoms with van der Waals surface area (Å²) < 4.78 is 16.4. The highest BCUT2D eigenvalue weighted by Gasteiger charge is 2.02. The van der Waals surface area contributed by atoms with E-state index in [1.54, 1.807) is 7.11 Å². The number of rotatable bonds is 9. The zero-order valence-electron chi connectivity index (χ0n) is 13.1. The van der Waals surface area contributed by atoms with E-state index in [0.29, 0.717) is 6.61 Å². The topological polar surface area (TPSA) is 27.7 Å². The van der Waals surface area contributed by atoms with Crippen molar-refractivity contribution >= 4 is 12.0 Å². The standard InChI is InChI=1S/C18H22O3S/c1-19-18-6-4-3-5-16(18)12-13-20-17-9-7-15(8-10-17)11-14-21-22-2/h3-10H,11-14H2,1-2H3. The molecule has 2 aromatic carbocycles. The van der Waals surface area contributed by atoms with E-state index in [-0.39, 0.29) is 0 Å². The summed E-state index contributed by atoms with van der Waals surface area (Å²) in [6.07, 6.45) is 3.67. The van der Waals surface area contributed by atoms with Crippen molar-refractivity contribution in [2.45, 2.75) is 12.8 Å². The van der Waals surface area contributed by atoms with E-state index in [0.717, 1.165) is 36.5 Å². The zero-order valence-corrected chi connectivity index (χ0v) is 13.9. The largest absolute Gasteiger partial charge is 0.496 e. The molecule has 0 atom stereocenters. The summed E-state index contributed by atoms with van der Waals surface area (Å²) in [5, 5.41) is 0. The summed E-state index contributed by atoms with van der Waals surface area (Å²) in [6, 6.07) is 16.2. The minimum atomic E-state index is 0.634. The second-order valence-corrected chi connectivity index (χ2v) is 5.36. The molecule has 2 rings (SSSR count). The van der Waals surface area contributed by atoms with Crippen LogP contribution in [-0.2, 0) is 17.0 Å². The van der Waals surface area contributed by atoms with Gasteiger partial charge >= 0.3 is 0 Å². The molecule has 0 saturated heterocycles. The van der Waals surface area contributed by atoms with Gasteiger partial charge in [0, 0.05) is 12.7 Å². The maximum atomic E-state index is 5.80. The van der Waals surface area contributed by atoms with Crippen molar-refractivity contribution in [3.63, 3.8) is 0 Å². The maximum Gasteiger partial charge on any atom is 0.122 e. The van der Waals surface area contributed by atoms with Gasteiger partial charge in [-0.05, 0) is 47.8 Å². The summed E-state index contributed by atoms with van der Waals surface area (Å²) in [5.41, 5.74) is 2.42. The van der Waals surface area contributed by atoms with Gasteiger partial charge < -0.3 is 13.7 Å². The Labute approximate surface area is 136 Å². The lowest BCUT2D eigenvalue weighted by Crippen LogP contribution is -2.03. The molecule has 0 aromatic heterocycles. The lowest BCUT2D eigenvalue weighted by atomic mass is 10.1. The van der Waals surface area contributed by atoms with Crippen molar-refractivity contribution in [2.24, 2.45) is 0 Å². The fourth-order valence-electron chi connectivity index (χ4n) is 2.18. The Morgan fingerprint density at radius 3 is 2.41 bits per heavy atom. The first-order chi connectivity index (χ1) is 10.8. The van der Waals surface area contributed by atoms with Crippen LogP contribution in [0.5, 0.6) is 11.5 Å². The quantitative estimate of drug-likeness (QED) is 0.513. The number of methoxy groups -OCH3 is 1. The fraction of sp³-hybridized carbons (Fsp3) is 0.333. The fourth-order valence-corrected chi connectivity index (χ4v) is 2.43. The lowest BCUT2D eigenvalue weighted by molar-refractivity contribution is 0.318. The predicted octanol–water partition coefficient (Wildman–Crippen LogP) is 4.15. The van der Waals surface area contributed by atoms with Crippen LogP contribution in [-0.4, -0.2) is 26.6 Å². The van der Waals surface area contributed by atoms with Gasteiger partial charge in [0.15, 0.2) is 0 Å². The van der Waals surface area contributed by atoms with Gasteiger partial charge in [-0.1, -0.05) is 30.3 Å². The molecule has 0 bridgehead atoms. The van der Waals surface area contributed by atoms with Crippen LogP contribution >= 0.6 is 12.0 Å². The van der Waals surface area contributed by atoms with Gasteiger partial charge in [-0.15, -0.1) is 0 Å². The first-order valence-electron chi connectivity index (χ1n) is 7.32. The summed E-state index contributed by atoms with van der Waals surface area (Å²) in [5.74, 6) is 1.81. The third kappa shape index (κ3) is 5.28. The number of para-hydroxylation sites is 1. The smallest absolute Gasteiger partial charge is 0.122 e. The van der Waals surface area contributed by atoms with E-state index in [4.69, 9.17) is 13.7 Å². The summed E-state index contributed by atoms with van der Waals surface area (Å²) in [4.78, 5) is 0. The first kappa shape index (κ1) is 16.7. The minimum absolute atomic E-state index is 0.634. The second-order valence-electron chi connectivity index (χ2n) is 4.79. The molecular formula is C18H22O3S. The summed E-state index contributed by atoms with van der Waals surface area (Å²) in [7, 11) is 1.69. The first-order valence-corrected chi connectivity index (χ1v) is 8.47. The second kappa shape index (κ2) is 9.38. The molecule has 0 heterocycles. The minimum Gasteiger partial charge on any atom is -0.496 e. The van der Waals surface area contributed by atoms with Crippen molar-refractivity contribution in [3.8, 4) is 11.5 Å². The van der Waals surface area contributed by atoms with Crippen LogP contribution in [0.2, 0.25) is 0 Å². The van der Waals surface area contributed by atoms with Gasteiger partial charge in [0.2, 0.25) is 0 Å². The molecule has 3 nitrogen and oxygen atoms in total.